The second-order valence-electron chi connectivity index (χ2n) is 4.01. The number of hydrogen-bond donors (Lipinski definition) is 2. The van der Waals surface area contributed by atoms with Crippen LogP contribution in [0.15, 0.2) is 30.3 Å². The molecule has 0 saturated carbocycles. The number of nitrogens with one attached hydrogen (secondary N) is 1. The quantitative estimate of drug-likeness (QED) is 0.736. The zero-order chi connectivity index (χ0) is 9.80. The zero-order valence-corrected chi connectivity index (χ0v) is 8.32. The molecule has 1 heterocycles. The van der Waals surface area contributed by atoms with Gasteiger partial charge in [0, 0.05) is 6.54 Å². The van der Waals surface area contributed by atoms with Crippen molar-refractivity contribution in [3.05, 3.63) is 35.9 Å². The third-order valence-electron chi connectivity index (χ3n) is 2.93. The molecule has 2 rings (SSSR count). The van der Waals surface area contributed by atoms with Crippen molar-refractivity contribution in [3.63, 3.8) is 0 Å². The van der Waals surface area contributed by atoms with Crippen LogP contribution in [0.3, 0.4) is 0 Å². The number of aliphatic hydroxyl groups excluding tert-OH is 1. The topological polar surface area (TPSA) is 32.3 Å². The van der Waals surface area contributed by atoms with Crippen LogP contribution in [0.2, 0.25) is 0 Å². The Kier molecular flexibility index (Phi) is 3.17. The standard InChI is InChI=1S/C12H17NO/c14-12-9-13-7-6-11(12)8-10-4-2-1-3-5-10/h1-5,11-14H,6-9H2/t11-,12-/m1/s1. The van der Waals surface area contributed by atoms with Gasteiger partial charge in [-0.3, -0.25) is 0 Å². The highest BCUT2D eigenvalue weighted by molar-refractivity contribution is 5.15. The minimum Gasteiger partial charge on any atom is -0.392 e. The van der Waals surface area contributed by atoms with Gasteiger partial charge in [0.1, 0.15) is 0 Å². The summed E-state index contributed by atoms with van der Waals surface area (Å²) < 4.78 is 0. The van der Waals surface area contributed by atoms with Gasteiger partial charge in [-0.25, -0.2) is 0 Å². The Hall–Kier alpha value is -0.860. The van der Waals surface area contributed by atoms with Crippen LogP contribution < -0.4 is 5.32 Å². The van der Waals surface area contributed by atoms with Crippen molar-refractivity contribution in [1.29, 1.82) is 0 Å². The Morgan fingerprint density at radius 1 is 1.29 bits per heavy atom. The molecule has 1 aromatic carbocycles. The van der Waals surface area contributed by atoms with E-state index < -0.39 is 0 Å². The predicted molar refractivity (Wildman–Crippen MR) is 57.1 cm³/mol. The fraction of sp³-hybridized carbons (Fsp3) is 0.500. The number of aliphatic hydroxyl groups is 1. The fourth-order valence-corrected chi connectivity index (χ4v) is 2.05. The van der Waals surface area contributed by atoms with Crippen LogP contribution in [0.5, 0.6) is 0 Å². The molecule has 0 spiro atoms. The van der Waals surface area contributed by atoms with E-state index in [1.807, 2.05) is 6.07 Å². The summed E-state index contributed by atoms with van der Waals surface area (Å²) in [6.45, 7) is 1.78. The predicted octanol–water partition coefficient (Wildman–Crippen LogP) is 1.20. The van der Waals surface area contributed by atoms with Crippen molar-refractivity contribution >= 4 is 0 Å². The van der Waals surface area contributed by atoms with E-state index in [4.69, 9.17) is 0 Å². The van der Waals surface area contributed by atoms with Crippen LogP contribution in [0.25, 0.3) is 0 Å². The average Bonchev–Trinajstić information content (AvgIpc) is 2.23. The lowest BCUT2D eigenvalue weighted by atomic mass is 9.89. The SMILES string of the molecule is O[C@@H]1CNCC[C@@H]1Cc1ccccc1. The van der Waals surface area contributed by atoms with E-state index in [0.717, 1.165) is 25.9 Å². The normalized spacial score (nSPS) is 27.5. The summed E-state index contributed by atoms with van der Waals surface area (Å²) >= 11 is 0. The van der Waals surface area contributed by atoms with Gasteiger partial charge in [-0.05, 0) is 30.9 Å². The van der Waals surface area contributed by atoms with Gasteiger partial charge in [-0.2, -0.15) is 0 Å². The minimum atomic E-state index is -0.177. The second-order valence-corrected chi connectivity index (χ2v) is 4.01. The van der Waals surface area contributed by atoms with E-state index in [-0.39, 0.29) is 6.10 Å². The Morgan fingerprint density at radius 2 is 2.07 bits per heavy atom. The van der Waals surface area contributed by atoms with Crippen molar-refractivity contribution in [1.82, 2.24) is 5.32 Å². The molecule has 2 atom stereocenters. The first-order valence-electron chi connectivity index (χ1n) is 5.29. The van der Waals surface area contributed by atoms with Crippen LogP contribution in [0.4, 0.5) is 0 Å². The Labute approximate surface area is 85.0 Å². The van der Waals surface area contributed by atoms with Crippen LogP contribution in [-0.2, 0) is 6.42 Å². The molecular weight excluding hydrogens is 174 g/mol. The first-order chi connectivity index (χ1) is 6.86. The second kappa shape index (κ2) is 4.58. The first kappa shape index (κ1) is 9.69. The van der Waals surface area contributed by atoms with Gasteiger partial charge in [0.25, 0.3) is 0 Å². The molecule has 1 fully saturated rings. The smallest absolute Gasteiger partial charge is 0.0696 e. The maximum absolute atomic E-state index is 9.77. The summed E-state index contributed by atoms with van der Waals surface area (Å²) in [7, 11) is 0. The highest BCUT2D eigenvalue weighted by Crippen LogP contribution is 2.18. The number of hydrogen-bond acceptors (Lipinski definition) is 2. The first-order valence-corrected chi connectivity index (χ1v) is 5.29. The van der Waals surface area contributed by atoms with E-state index in [1.165, 1.54) is 5.56 Å². The van der Waals surface area contributed by atoms with E-state index in [2.05, 4.69) is 29.6 Å². The largest absolute Gasteiger partial charge is 0.392 e. The van der Waals surface area contributed by atoms with Crippen molar-refractivity contribution in [3.8, 4) is 0 Å². The summed E-state index contributed by atoms with van der Waals surface area (Å²) in [5.41, 5.74) is 1.33. The molecule has 1 saturated heterocycles. The van der Waals surface area contributed by atoms with E-state index in [1.54, 1.807) is 0 Å². The summed E-state index contributed by atoms with van der Waals surface area (Å²) in [5, 5.41) is 13.0. The molecule has 2 heteroatoms. The van der Waals surface area contributed by atoms with Crippen LogP contribution in [0.1, 0.15) is 12.0 Å². The Bertz CT molecular complexity index is 273. The van der Waals surface area contributed by atoms with Crippen molar-refractivity contribution in [2.45, 2.75) is 18.9 Å². The molecule has 1 aliphatic heterocycles. The Balaban J connectivity index is 1.96. The van der Waals surface area contributed by atoms with E-state index >= 15 is 0 Å². The third-order valence-corrected chi connectivity index (χ3v) is 2.93. The lowest BCUT2D eigenvalue weighted by molar-refractivity contribution is 0.0820. The number of β-amino-alcohol motifs (C(OH)–C–C–N with tert-alkyl or cyclic N) is 1. The van der Waals surface area contributed by atoms with E-state index in [9.17, 15) is 5.11 Å². The fourth-order valence-electron chi connectivity index (χ4n) is 2.05. The molecule has 1 aromatic rings. The maximum Gasteiger partial charge on any atom is 0.0696 e. The van der Waals surface area contributed by atoms with Gasteiger partial charge in [-0.15, -0.1) is 0 Å². The number of piperidine rings is 1. The lowest BCUT2D eigenvalue weighted by Crippen LogP contribution is -2.41. The van der Waals surface area contributed by atoms with Crippen molar-refractivity contribution in [2.24, 2.45) is 5.92 Å². The third kappa shape index (κ3) is 2.34. The molecule has 2 nitrogen and oxygen atoms in total. The summed E-state index contributed by atoms with van der Waals surface area (Å²) in [6.07, 6.45) is 1.91. The van der Waals surface area contributed by atoms with Gasteiger partial charge in [0.15, 0.2) is 0 Å². The Morgan fingerprint density at radius 3 is 2.79 bits per heavy atom. The molecule has 0 radical (unpaired) electrons. The molecule has 76 valence electrons. The average molecular weight is 191 g/mol. The monoisotopic (exact) mass is 191 g/mol. The summed E-state index contributed by atoms with van der Waals surface area (Å²) in [4.78, 5) is 0. The highest BCUT2D eigenvalue weighted by Gasteiger charge is 2.22. The summed E-state index contributed by atoms with van der Waals surface area (Å²) in [6, 6.07) is 10.4. The zero-order valence-electron chi connectivity index (χ0n) is 8.32. The molecule has 0 unspecified atom stereocenters. The number of rotatable bonds is 2. The molecule has 0 aliphatic carbocycles. The van der Waals surface area contributed by atoms with Gasteiger partial charge >= 0.3 is 0 Å². The van der Waals surface area contributed by atoms with Gasteiger partial charge < -0.3 is 10.4 Å². The molecule has 0 aromatic heterocycles. The number of benzene rings is 1. The van der Waals surface area contributed by atoms with Crippen LogP contribution in [-0.4, -0.2) is 24.3 Å². The van der Waals surface area contributed by atoms with Gasteiger partial charge in [0.2, 0.25) is 0 Å². The molecular formula is C12H17NO. The van der Waals surface area contributed by atoms with Gasteiger partial charge in [0.05, 0.1) is 6.10 Å². The summed E-state index contributed by atoms with van der Waals surface area (Å²) in [5.74, 6) is 0.429. The van der Waals surface area contributed by atoms with Crippen molar-refractivity contribution in [2.75, 3.05) is 13.1 Å². The van der Waals surface area contributed by atoms with E-state index in [0.29, 0.717) is 5.92 Å². The molecule has 14 heavy (non-hydrogen) atoms. The van der Waals surface area contributed by atoms with Crippen LogP contribution >= 0.6 is 0 Å². The molecule has 0 amide bonds. The molecule has 1 aliphatic rings. The lowest BCUT2D eigenvalue weighted by Gasteiger charge is -2.28. The molecule has 0 bridgehead atoms. The van der Waals surface area contributed by atoms with Crippen molar-refractivity contribution < 1.29 is 5.11 Å². The van der Waals surface area contributed by atoms with Crippen LogP contribution in [0, 0.1) is 5.92 Å². The highest BCUT2D eigenvalue weighted by atomic mass is 16.3. The van der Waals surface area contributed by atoms with Gasteiger partial charge in [-0.1, -0.05) is 30.3 Å². The molecule has 2 N–H and O–H groups in total. The maximum atomic E-state index is 9.77. The minimum absolute atomic E-state index is 0.177.